The number of nitrogens with one attached hydrogen (secondary N) is 1. The fourth-order valence-corrected chi connectivity index (χ4v) is 14.2. The Kier molecular flexibility index (Phi) is 39.1. The number of hydrogen-bond acceptors (Lipinski definition) is 19. The molecular formula is C17H33N3O5S13. The minimum absolute atomic E-state index is 0.0281. The molecule has 224 valence electrons. The van der Waals surface area contributed by atoms with Gasteiger partial charge in [-0.3, -0.25) is 4.79 Å². The third kappa shape index (κ3) is 35.2. The van der Waals surface area contributed by atoms with E-state index in [0.717, 1.165) is 40.7 Å². The minimum atomic E-state index is -1.01. The number of thioether (sulfide) groups is 11. The van der Waals surface area contributed by atoms with Crippen LogP contribution in [0.3, 0.4) is 0 Å². The molecule has 0 spiro atoms. The zero-order chi connectivity index (χ0) is 27.8. The fourth-order valence-electron chi connectivity index (χ4n) is 1.46. The lowest BCUT2D eigenvalue weighted by molar-refractivity contribution is -0.196. The van der Waals surface area contributed by atoms with Gasteiger partial charge >= 0.3 is 0 Å². The first-order chi connectivity index (χ1) is 18.7. The van der Waals surface area contributed by atoms with Gasteiger partial charge in [0.05, 0.1) is 23.6 Å². The molecule has 0 rings (SSSR count). The molecule has 0 aromatic rings. The number of aliphatic hydroxyl groups excluding tert-OH is 1. The van der Waals surface area contributed by atoms with Crippen LogP contribution in [0.2, 0.25) is 0 Å². The lowest BCUT2D eigenvalue weighted by atomic mass is 11.2. The van der Waals surface area contributed by atoms with Crippen molar-refractivity contribution in [3.63, 3.8) is 0 Å². The van der Waals surface area contributed by atoms with Crippen LogP contribution in [0.4, 0.5) is 4.79 Å². The van der Waals surface area contributed by atoms with Gasteiger partial charge in [-0.15, -0.1) is 106 Å². The van der Waals surface area contributed by atoms with E-state index in [9.17, 15) is 9.35 Å². The molecule has 0 aliphatic rings. The number of aliphatic hydroxyl groups is 1. The summed E-state index contributed by atoms with van der Waals surface area (Å²) in [6.45, 7) is 0. The Labute approximate surface area is 282 Å². The Morgan fingerprint density at radius 2 is 1.50 bits per heavy atom. The number of rotatable bonds is 29. The summed E-state index contributed by atoms with van der Waals surface area (Å²) in [5, 5.41) is 19.4. The van der Waals surface area contributed by atoms with Crippen LogP contribution in [-0.2, 0) is 21.0 Å². The van der Waals surface area contributed by atoms with Crippen LogP contribution in [0, 0.1) is 0 Å². The molecule has 2 N–H and O–H groups in total. The maximum atomic E-state index is 11.9. The summed E-state index contributed by atoms with van der Waals surface area (Å²) < 4.78 is 11.5. The average Bonchev–Trinajstić information content (AvgIpc) is 2.92. The second kappa shape index (κ2) is 36.2. The van der Waals surface area contributed by atoms with Gasteiger partial charge in [0, 0.05) is 51.9 Å². The highest BCUT2D eigenvalue weighted by atomic mass is 32.3. The molecule has 8 nitrogen and oxygen atoms in total. The quantitative estimate of drug-likeness (QED) is 0.0108. The standard InChI is InChI=1S/C17H33N3O5S13/c21-6-29-10-30-7-25-24-1-18-3-27-8-31-11-32-9-28-4-20-17(22)37-15-35-13-33-12-34-14-36-16-38(23)5-19-2-26/h1,5,21,26H,2-4,6-16H2,(H,20,22)/b18-1+,19-5+. The van der Waals surface area contributed by atoms with Crippen molar-refractivity contribution in [3.05, 3.63) is 0 Å². The van der Waals surface area contributed by atoms with E-state index in [1.807, 2.05) is 47.0 Å². The highest BCUT2D eigenvalue weighted by Crippen LogP contribution is 2.24. The van der Waals surface area contributed by atoms with Gasteiger partial charge in [0.1, 0.15) is 5.94 Å². The van der Waals surface area contributed by atoms with Crippen LogP contribution in [0.5, 0.6) is 0 Å². The monoisotopic (exact) mass is 775 g/mol. The molecular weight excluding hydrogens is 743 g/mol. The van der Waals surface area contributed by atoms with Gasteiger partial charge in [-0.1, -0.05) is 23.5 Å². The first-order valence-corrected chi connectivity index (χ1v) is 24.8. The number of nitrogens with zero attached hydrogens (tertiary/aromatic N) is 2. The molecule has 0 radical (unpaired) electrons. The largest absolute Gasteiger partial charge is 0.610 e. The second-order valence-electron chi connectivity index (χ2n) is 5.54. The van der Waals surface area contributed by atoms with Gasteiger partial charge in [0.15, 0.2) is 5.08 Å². The number of aliphatic imine (C=N–C) groups is 2. The highest BCUT2D eigenvalue weighted by Gasteiger charge is 2.03. The van der Waals surface area contributed by atoms with E-state index in [0.29, 0.717) is 28.7 Å². The smallest absolute Gasteiger partial charge is 0.280 e. The van der Waals surface area contributed by atoms with Crippen molar-refractivity contribution in [3.8, 4) is 0 Å². The molecule has 38 heavy (non-hydrogen) atoms. The van der Waals surface area contributed by atoms with E-state index in [4.69, 9.17) is 14.9 Å². The van der Waals surface area contributed by atoms with Crippen LogP contribution in [0.15, 0.2) is 9.98 Å². The van der Waals surface area contributed by atoms with Crippen molar-refractivity contribution >= 4 is 170 Å². The topological polar surface area (TPSA) is 116 Å². The second-order valence-corrected chi connectivity index (χ2v) is 21.1. The van der Waals surface area contributed by atoms with Crippen molar-refractivity contribution in [2.75, 3.05) is 75.3 Å². The van der Waals surface area contributed by atoms with E-state index >= 15 is 0 Å². The number of carbonyl (C=O) groups excluding carboxylic acids is 1. The van der Waals surface area contributed by atoms with Crippen molar-refractivity contribution in [2.24, 2.45) is 9.98 Å². The van der Waals surface area contributed by atoms with Crippen LogP contribution in [0.25, 0.3) is 0 Å². The van der Waals surface area contributed by atoms with E-state index < -0.39 is 11.2 Å². The summed E-state index contributed by atoms with van der Waals surface area (Å²) in [6, 6.07) is 0. The van der Waals surface area contributed by atoms with Gasteiger partial charge in [0.2, 0.25) is 11.9 Å². The van der Waals surface area contributed by atoms with E-state index in [2.05, 4.69) is 27.9 Å². The van der Waals surface area contributed by atoms with Crippen molar-refractivity contribution in [2.45, 2.75) is 0 Å². The van der Waals surface area contributed by atoms with Crippen molar-refractivity contribution < 1.29 is 24.2 Å². The number of thiol groups is 1. The zero-order valence-electron chi connectivity index (χ0n) is 20.4. The maximum absolute atomic E-state index is 11.9. The Hall–Kier alpha value is 3.04. The predicted molar refractivity (Wildman–Crippen MR) is 199 cm³/mol. The van der Waals surface area contributed by atoms with Crippen molar-refractivity contribution in [1.82, 2.24) is 5.32 Å². The fraction of sp³-hybridized carbons (Fsp3) is 0.824. The lowest BCUT2D eigenvalue weighted by Crippen LogP contribution is -2.17. The third-order valence-corrected chi connectivity index (χ3v) is 17.0. The normalized spacial score (nSPS) is 12.5. The van der Waals surface area contributed by atoms with E-state index in [1.165, 1.54) is 47.2 Å². The number of carbonyl (C=O) groups is 1. The SMILES string of the molecule is O=C(NCSCSCSCSC/N=C/OOCSCSCO)SCSCSCSCSC[S+]([O-])/C=N/CS. The van der Waals surface area contributed by atoms with Gasteiger partial charge in [0.25, 0.3) is 5.24 Å². The summed E-state index contributed by atoms with van der Waals surface area (Å²) in [5.74, 6) is 2.15. The Bertz CT molecular complexity index is 576. The lowest BCUT2D eigenvalue weighted by Gasteiger charge is -2.05. The molecule has 0 saturated heterocycles. The first-order valence-electron chi connectivity index (χ1n) is 10.2. The summed E-state index contributed by atoms with van der Waals surface area (Å²) in [7, 11) is 0. The maximum Gasteiger partial charge on any atom is 0.280 e. The molecule has 0 aliphatic heterocycles. The molecule has 21 heteroatoms. The molecule has 1 atom stereocenters. The average molecular weight is 776 g/mol. The Morgan fingerprint density at radius 1 is 0.868 bits per heavy atom. The van der Waals surface area contributed by atoms with Gasteiger partial charge in [-0.05, 0) is 0 Å². The van der Waals surface area contributed by atoms with Gasteiger partial charge in [-0.2, -0.15) is 17.5 Å². The molecule has 0 aromatic carbocycles. The van der Waals surface area contributed by atoms with Crippen LogP contribution in [-0.4, -0.2) is 102 Å². The zero-order valence-corrected chi connectivity index (χ0v) is 31.1. The summed E-state index contributed by atoms with van der Waals surface area (Å²) in [5.41, 5.74) is 1.46. The summed E-state index contributed by atoms with van der Waals surface area (Å²) >= 11 is 21.4. The van der Waals surface area contributed by atoms with Crippen LogP contribution >= 0.6 is 142 Å². The number of amides is 1. The minimum Gasteiger partial charge on any atom is -0.610 e. The molecule has 0 heterocycles. The molecule has 0 bridgehead atoms. The van der Waals surface area contributed by atoms with Crippen LogP contribution < -0.4 is 5.32 Å². The molecule has 0 fully saturated rings. The highest BCUT2D eigenvalue weighted by molar-refractivity contribution is 8.31. The van der Waals surface area contributed by atoms with Crippen molar-refractivity contribution in [1.29, 1.82) is 0 Å². The third-order valence-electron chi connectivity index (χ3n) is 2.81. The molecule has 0 saturated carbocycles. The van der Waals surface area contributed by atoms with Crippen LogP contribution in [0.1, 0.15) is 0 Å². The predicted octanol–water partition coefficient (Wildman–Crippen LogP) is 6.84. The Balaban J connectivity index is 3.24. The molecule has 1 amide bonds. The molecule has 1 unspecified atom stereocenters. The molecule has 0 aromatic heterocycles. The summed E-state index contributed by atoms with van der Waals surface area (Å²) in [6.07, 6.45) is 1.31. The first kappa shape index (κ1) is 41.0. The van der Waals surface area contributed by atoms with Gasteiger partial charge in [-0.25, -0.2) is 9.98 Å². The van der Waals surface area contributed by atoms with E-state index in [-0.39, 0.29) is 11.2 Å². The number of hydrogen-bond donors (Lipinski definition) is 3. The van der Waals surface area contributed by atoms with E-state index in [1.54, 1.807) is 47.0 Å². The molecule has 0 aliphatic carbocycles. The van der Waals surface area contributed by atoms with Gasteiger partial charge < -0.3 is 19.9 Å². The Morgan fingerprint density at radius 3 is 2.21 bits per heavy atom. The summed E-state index contributed by atoms with van der Waals surface area (Å²) in [4.78, 5) is 29.5.